The highest BCUT2D eigenvalue weighted by atomic mass is 28.4. The first kappa shape index (κ1) is 39.9. The van der Waals surface area contributed by atoms with Crippen LogP contribution in [0.15, 0.2) is 42.5 Å². The van der Waals surface area contributed by atoms with Crippen LogP contribution in [-0.4, -0.2) is 70.6 Å². The van der Waals surface area contributed by atoms with Gasteiger partial charge in [0, 0.05) is 19.6 Å². The van der Waals surface area contributed by atoms with E-state index in [0.29, 0.717) is 12.8 Å². The van der Waals surface area contributed by atoms with Gasteiger partial charge in [-0.15, -0.1) is 0 Å². The van der Waals surface area contributed by atoms with Crippen molar-refractivity contribution >= 4 is 22.5 Å². The predicted molar refractivity (Wildman–Crippen MR) is 194 cm³/mol. The Kier molecular flexibility index (Phi) is 14.4. The summed E-state index contributed by atoms with van der Waals surface area (Å²) in [6.07, 6.45) is 3.89. The lowest BCUT2D eigenvalue weighted by Crippen LogP contribution is -2.48. The Morgan fingerprint density at radius 1 is 1.02 bits per heavy atom. The van der Waals surface area contributed by atoms with Crippen LogP contribution in [0.4, 0.5) is 0 Å². The number of ether oxygens (including phenoxy) is 1. The van der Waals surface area contributed by atoms with Crippen LogP contribution in [0.1, 0.15) is 106 Å². The van der Waals surface area contributed by atoms with Gasteiger partial charge in [0.2, 0.25) is 5.91 Å². The zero-order valence-electron chi connectivity index (χ0n) is 31.0. The Labute approximate surface area is 278 Å². The molecule has 1 N–H and O–H groups in total. The molecule has 6 nitrogen and oxygen atoms in total. The summed E-state index contributed by atoms with van der Waals surface area (Å²) in [7, 11) is -1.96. The quantitative estimate of drug-likeness (QED) is 0.109. The summed E-state index contributed by atoms with van der Waals surface area (Å²) in [6.45, 7) is 31.7. The molecule has 0 aromatic heterocycles. The maximum absolute atomic E-state index is 13.6. The lowest BCUT2D eigenvalue weighted by atomic mass is 9.95. The summed E-state index contributed by atoms with van der Waals surface area (Å²) in [5.41, 5.74) is 2.20. The summed E-state index contributed by atoms with van der Waals surface area (Å²) < 4.78 is 19.6. The summed E-state index contributed by atoms with van der Waals surface area (Å²) >= 11 is 0. The largest absolute Gasteiger partial charge is 0.417 e. The summed E-state index contributed by atoms with van der Waals surface area (Å²) in [5.74, 6) is -0.277. The minimum atomic E-state index is -2.11. The van der Waals surface area contributed by atoms with E-state index in [1.807, 2.05) is 37.1 Å². The fourth-order valence-electron chi connectivity index (χ4n) is 5.40. The van der Waals surface area contributed by atoms with Gasteiger partial charge in [0.15, 0.2) is 16.6 Å². The Balaban J connectivity index is 1.89. The predicted octanol–water partition coefficient (Wildman–Crippen LogP) is 9.28. The van der Waals surface area contributed by atoms with Crippen molar-refractivity contribution in [2.45, 2.75) is 161 Å². The number of rotatable bonds is 16. The SMILES string of the molecule is C=C1C[C@H](CCCO[Si](C)(C)C(C)(C)C)O[C@H]1CCC(O)CC(C)C(=O)N(C)C(C)[C@H](O[Si](C)(C)C(C)(C)C)c1ccccc1. The van der Waals surface area contributed by atoms with E-state index in [0.717, 1.165) is 43.4 Å². The van der Waals surface area contributed by atoms with Crippen LogP contribution < -0.4 is 0 Å². The molecule has 1 heterocycles. The molecule has 45 heavy (non-hydrogen) atoms. The Hall–Kier alpha value is -1.30. The normalized spacial score (nSPS) is 21.0. The Bertz CT molecular complexity index is 1080. The molecule has 1 aliphatic heterocycles. The van der Waals surface area contributed by atoms with Crippen LogP contribution >= 0.6 is 0 Å². The molecule has 8 heteroatoms. The molecule has 0 radical (unpaired) electrons. The smallest absolute Gasteiger partial charge is 0.225 e. The zero-order valence-corrected chi connectivity index (χ0v) is 33.0. The molecule has 1 aromatic carbocycles. The van der Waals surface area contributed by atoms with Crippen molar-refractivity contribution in [1.29, 1.82) is 0 Å². The van der Waals surface area contributed by atoms with Gasteiger partial charge < -0.3 is 23.6 Å². The second-order valence-corrected chi connectivity index (χ2v) is 26.2. The minimum absolute atomic E-state index is 0.0289. The number of aliphatic hydroxyl groups is 1. The number of aliphatic hydroxyl groups excluding tert-OH is 1. The van der Waals surface area contributed by atoms with E-state index < -0.39 is 22.7 Å². The maximum Gasteiger partial charge on any atom is 0.225 e. The van der Waals surface area contributed by atoms with Crippen molar-refractivity contribution in [3.8, 4) is 0 Å². The van der Waals surface area contributed by atoms with Gasteiger partial charge in [-0.25, -0.2) is 0 Å². The molecule has 258 valence electrons. The van der Waals surface area contributed by atoms with Gasteiger partial charge in [0.1, 0.15) is 0 Å². The summed E-state index contributed by atoms with van der Waals surface area (Å²) in [5, 5.41) is 11.2. The molecule has 2 rings (SSSR count). The molecule has 0 aliphatic carbocycles. The number of benzene rings is 1. The minimum Gasteiger partial charge on any atom is -0.417 e. The van der Waals surface area contributed by atoms with Crippen LogP contribution in [0.3, 0.4) is 0 Å². The Morgan fingerprint density at radius 3 is 2.16 bits per heavy atom. The lowest BCUT2D eigenvalue weighted by molar-refractivity contribution is -0.138. The number of likely N-dealkylation sites (N-methyl/N-ethyl adjacent to an activating group) is 1. The standard InChI is InChI=1S/C37H67NO5Si2/c1-27-26-32(21-18-24-41-44(11,12)36(4,5)6)42-33(27)23-22-31(39)25-28(2)35(40)38(10)29(3)34(30-19-16-15-17-20-30)43-45(13,14)37(7,8)9/h15-17,19-20,28-29,31-34,39H,1,18,21-26H2,2-14H3/t28?,29?,31?,32-,33-,34-/m0/s1. The molecular formula is C37H67NO5Si2. The van der Waals surface area contributed by atoms with Crippen LogP contribution in [0, 0.1) is 5.92 Å². The van der Waals surface area contributed by atoms with Gasteiger partial charge in [0.05, 0.1) is 30.5 Å². The second kappa shape index (κ2) is 16.2. The van der Waals surface area contributed by atoms with Crippen LogP contribution in [-0.2, 0) is 18.4 Å². The van der Waals surface area contributed by atoms with Crippen molar-refractivity contribution in [3.63, 3.8) is 0 Å². The van der Waals surface area contributed by atoms with Crippen LogP contribution in [0.2, 0.25) is 36.3 Å². The van der Waals surface area contributed by atoms with Crippen molar-refractivity contribution in [3.05, 3.63) is 48.0 Å². The van der Waals surface area contributed by atoms with E-state index in [4.69, 9.17) is 13.6 Å². The molecule has 1 amide bonds. The molecule has 3 unspecified atom stereocenters. The van der Waals surface area contributed by atoms with Gasteiger partial charge in [-0.05, 0) is 92.8 Å². The van der Waals surface area contributed by atoms with Crippen molar-refractivity contribution in [2.24, 2.45) is 5.92 Å². The average Bonchev–Trinajstić information content (AvgIpc) is 3.29. The van der Waals surface area contributed by atoms with E-state index in [1.54, 1.807) is 0 Å². The highest BCUT2D eigenvalue weighted by molar-refractivity contribution is 6.74. The maximum atomic E-state index is 13.6. The van der Waals surface area contributed by atoms with E-state index >= 15 is 0 Å². The lowest BCUT2D eigenvalue weighted by Gasteiger charge is -2.43. The zero-order chi connectivity index (χ0) is 34.4. The van der Waals surface area contributed by atoms with E-state index in [9.17, 15) is 9.90 Å². The van der Waals surface area contributed by atoms with Crippen molar-refractivity contribution < 1.29 is 23.5 Å². The van der Waals surface area contributed by atoms with Gasteiger partial charge in [-0.2, -0.15) is 0 Å². The molecule has 0 saturated carbocycles. The van der Waals surface area contributed by atoms with Crippen LogP contribution in [0.25, 0.3) is 0 Å². The average molecular weight is 662 g/mol. The van der Waals surface area contributed by atoms with Gasteiger partial charge in [0.25, 0.3) is 0 Å². The molecule has 0 spiro atoms. The number of hydrogen-bond donors (Lipinski definition) is 1. The van der Waals surface area contributed by atoms with Gasteiger partial charge in [-0.1, -0.05) is 85.4 Å². The number of carbonyl (C=O) groups is 1. The second-order valence-electron chi connectivity index (χ2n) is 16.6. The fraction of sp³-hybridized carbons (Fsp3) is 0.757. The van der Waals surface area contributed by atoms with Crippen molar-refractivity contribution in [1.82, 2.24) is 4.90 Å². The third-order valence-electron chi connectivity index (χ3n) is 10.8. The van der Waals surface area contributed by atoms with Gasteiger partial charge in [-0.3, -0.25) is 4.79 Å². The van der Waals surface area contributed by atoms with E-state index in [-0.39, 0.29) is 46.3 Å². The highest BCUT2D eigenvalue weighted by Gasteiger charge is 2.42. The first-order chi connectivity index (χ1) is 20.6. The van der Waals surface area contributed by atoms with Crippen molar-refractivity contribution in [2.75, 3.05) is 13.7 Å². The fourth-order valence-corrected chi connectivity index (χ4v) is 7.81. The molecule has 6 atom stereocenters. The summed E-state index contributed by atoms with van der Waals surface area (Å²) in [4.78, 5) is 15.5. The summed E-state index contributed by atoms with van der Waals surface area (Å²) in [6, 6.07) is 10.1. The third-order valence-corrected chi connectivity index (χ3v) is 19.8. The molecule has 1 fully saturated rings. The molecule has 0 bridgehead atoms. The van der Waals surface area contributed by atoms with E-state index in [2.05, 4.69) is 93.4 Å². The number of hydrogen-bond acceptors (Lipinski definition) is 5. The molecule has 1 aromatic rings. The van der Waals surface area contributed by atoms with Gasteiger partial charge >= 0.3 is 0 Å². The topological polar surface area (TPSA) is 68.2 Å². The number of nitrogens with zero attached hydrogens (tertiary/aromatic N) is 1. The molecule has 1 saturated heterocycles. The molecular weight excluding hydrogens is 595 g/mol. The molecule has 1 aliphatic rings. The Morgan fingerprint density at radius 2 is 1.60 bits per heavy atom. The monoisotopic (exact) mass is 661 g/mol. The van der Waals surface area contributed by atoms with E-state index in [1.165, 1.54) is 0 Å². The number of amides is 1. The third kappa shape index (κ3) is 11.4. The highest BCUT2D eigenvalue weighted by Crippen LogP contribution is 2.41. The first-order valence-corrected chi connectivity index (χ1v) is 23.0. The van der Waals surface area contributed by atoms with Crippen LogP contribution in [0.5, 0.6) is 0 Å². The first-order valence-electron chi connectivity index (χ1n) is 17.2. The number of carbonyl (C=O) groups excluding carboxylic acids is 1.